The summed E-state index contributed by atoms with van der Waals surface area (Å²) >= 11 is 3.39. The van der Waals surface area contributed by atoms with Crippen molar-refractivity contribution in [3.05, 3.63) is 69.7 Å². The maximum Gasteiger partial charge on any atom is 0.254 e. The van der Waals surface area contributed by atoms with E-state index in [4.69, 9.17) is 0 Å². The van der Waals surface area contributed by atoms with E-state index < -0.39 is 12.1 Å². The minimum atomic E-state index is -0.758. The topological polar surface area (TPSA) is 86.8 Å². The number of carbonyl (C=O) groups is 4. The van der Waals surface area contributed by atoms with E-state index in [-0.39, 0.29) is 47.4 Å². The number of hydrogen-bond donors (Lipinski definition) is 1. The van der Waals surface area contributed by atoms with Crippen molar-refractivity contribution in [1.82, 2.24) is 15.1 Å². The zero-order valence-electron chi connectivity index (χ0n) is 22.7. The molecule has 3 amide bonds. The lowest BCUT2D eigenvalue weighted by Crippen LogP contribution is -2.53. The molecular formula is C30H36BrN3O4. The van der Waals surface area contributed by atoms with Gasteiger partial charge in [-0.3, -0.25) is 19.2 Å². The van der Waals surface area contributed by atoms with Crippen molar-refractivity contribution in [2.45, 2.75) is 71.0 Å². The number of fused-ring (bicyclic) bond motifs is 1. The number of hydrogen-bond acceptors (Lipinski definition) is 4. The van der Waals surface area contributed by atoms with Gasteiger partial charge in [-0.1, -0.05) is 68.7 Å². The molecule has 2 fully saturated rings. The van der Waals surface area contributed by atoms with Crippen molar-refractivity contribution in [3.63, 3.8) is 0 Å². The third kappa shape index (κ3) is 5.85. The molecule has 0 bridgehead atoms. The fourth-order valence-electron chi connectivity index (χ4n) is 5.38. The summed E-state index contributed by atoms with van der Waals surface area (Å²) in [6, 6.07) is 12.7. The van der Waals surface area contributed by atoms with Gasteiger partial charge < -0.3 is 15.1 Å². The number of benzene rings is 2. The second-order valence-corrected chi connectivity index (χ2v) is 12.6. The molecule has 4 rings (SSSR count). The summed E-state index contributed by atoms with van der Waals surface area (Å²) in [5.74, 6) is -0.788. The number of halogens is 1. The number of nitrogens with zero attached hydrogens (tertiary/aromatic N) is 2. The first-order valence-corrected chi connectivity index (χ1v) is 14.0. The van der Waals surface area contributed by atoms with Crippen molar-refractivity contribution < 1.29 is 19.2 Å². The number of likely N-dealkylation sites (tertiary alicyclic amines) is 2. The molecule has 0 radical (unpaired) electrons. The SMILES string of the molecule is CC(C)C[C@H](NC(=O)c1ccc(C(C)(C)C)cc1)C(=O)N1CC[C@@H]2[C@H]1C(=O)CN2C(=O)c1cccc(Br)c1. The van der Waals surface area contributed by atoms with E-state index in [0.717, 1.165) is 10.0 Å². The van der Waals surface area contributed by atoms with Crippen LogP contribution >= 0.6 is 15.9 Å². The van der Waals surface area contributed by atoms with Gasteiger partial charge >= 0.3 is 0 Å². The summed E-state index contributed by atoms with van der Waals surface area (Å²) in [5.41, 5.74) is 2.08. The van der Waals surface area contributed by atoms with Crippen molar-refractivity contribution in [3.8, 4) is 0 Å². The smallest absolute Gasteiger partial charge is 0.254 e. The molecule has 0 unspecified atom stereocenters. The molecule has 3 atom stereocenters. The highest BCUT2D eigenvalue weighted by Gasteiger charge is 2.52. The summed E-state index contributed by atoms with van der Waals surface area (Å²) in [5, 5.41) is 2.93. The van der Waals surface area contributed by atoms with Crippen molar-refractivity contribution in [2.24, 2.45) is 5.92 Å². The van der Waals surface area contributed by atoms with E-state index in [1.165, 1.54) is 0 Å². The Morgan fingerprint density at radius 3 is 2.32 bits per heavy atom. The van der Waals surface area contributed by atoms with E-state index in [9.17, 15) is 19.2 Å². The van der Waals surface area contributed by atoms with E-state index in [1.807, 2.05) is 32.0 Å². The molecule has 2 aliphatic rings. The van der Waals surface area contributed by atoms with Gasteiger partial charge in [-0.15, -0.1) is 0 Å². The van der Waals surface area contributed by atoms with Crippen molar-refractivity contribution >= 4 is 39.4 Å². The molecule has 0 spiro atoms. The van der Waals surface area contributed by atoms with Gasteiger partial charge in [0, 0.05) is 22.1 Å². The third-order valence-electron chi connectivity index (χ3n) is 7.36. The molecule has 38 heavy (non-hydrogen) atoms. The minimum Gasteiger partial charge on any atom is -0.340 e. The van der Waals surface area contributed by atoms with Crippen LogP contribution in [0, 0.1) is 5.92 Å². The highest BCUT2D eigenvalue weighted by Crippen LogP contribution is 2.32. The van der Waals surface area contributed by atoms with Gasteiger partial charge in [0.05, 0.1) is 12.6 Å². The first-order chi connectivity index (χ1) is 17.9. The summed E-state index contributed by atoms with van der Waals surface area (Å²) < 4.78 is 0.786. The fraction of sp³-hybridized carbons (Fsp3) is 0.467. The molecule has 2 aromatic rings. The molecule has 7 nitrogen and oxygen atoms in total. The van der Waals surface area contributed by atoms with Crippen LogP contribution in [0.1, 0.15) is 73.7 Å². The molecule has 202 valence electrons. The average Bonchev–Trinajstić information content (AvgIpc) is 3.43. The number of nitrogens with one attached hydrogen (secondary N) is 1. The Hall–Kier alpha value is -3.00. The lowest BCUT2D eigenvalue weighted by molar-refractivity contribution is -0.138. The van der Waals surface area contributed by atoms with Gasteiger partial charge in [-0.2, -0.15) is 0 Å². The fourth-order valence-corrected chi connectivity index (χ4v) is 5.78. The standard InChI is InChI=1S/C30H36BrN3O4/c1-18(2)15-23(32-27(36)19-9-11-21(12-10-19)30(3,4)5)29(38)33-14-13-24-26(33)25(35)17-34(24)28(37)20-7-6-8-22(31)16-20/h6-12,16,18,23-24,26H,13-15,17H2,1-5H3,(H,32,36)/t23-,24+,26-/m0/s1. The average molecular weight is 583 g/mol. The summed E-state index contributed by atoms with van der Waals surface area (Å²) in [6.45, 7) is 10.7. The van der Waals surface area contributed by atoms with Crippen molar-refractivity contribution in [1.29, 1.82) is 0 Å². The van der Waals surface area contributed by atoms with E-state index in [1.54, 1.807) is 40.1 Å². The number of Topliss-reactive ketones (excluding diaryl/α,β-unsaturated/α-hetero) is 1. The number of ketones is 1. The van der Waals surface area contributed by atoms with Crippen LogP contribution in [-0.4, -0.2) is 64.5 Å². The molecule has 8 heteroatoms. The quantitative estimate of drug-likeness (QED) is 0.540. The maximum absolute atomic E-state index is 13.8. The summed E-state index contributed by atoms with van der Waals surface area (Å²) in [4.78, 5) is 56.4. The molecule has 2 aliphatic heterocycles. The van der Waals surface area contributed by atoms with Gasteiger partial charge in [0.1, 0.15) is 12.1 Å². The van der Waals surface area contributed by atoms with Crippen LogP contribution in [0.15, 0.2) is 53.0 Å². The summed E-state index contributed by atoms with van der Waals surface area (Å²) in [7, 11) is 0. The second kappa shape index (κ2) is 11.0. The van der Waals surface area contributed by atoms with Crippen LogP contribution in [0.5, 0.6) is 0 Å². The van der Waals surface area contributed by atoms with Crippen LogP contribution in [-0.2, 0) is 15.0 Å². The van der Waals surface area contributed by atoms with E-state index in [0.29, 0.717) is 30.5 Å². The van der Waals surface area contributed by atoms with E-state index in [2.05, 4.69) is 42.0 Å². The molecule has 2 heterocycles. The monoisotopic (exact) mass is 581 g/mol. The summed E-state index contributed by atoms with van der Waals surface area (Å²) in [6.07, 6.45) is 0.978. The van der Waals surface area contributed by atoms with Crippen LogP contribution in [0.3, 0.4) is 0 Å². The predicted octanol–water partition coefficient (Wildman–Crippen LogP) is 4.59. The largest absolute Gasteiger partial charge is 0.340 e. The normalized spacial score (nSPS) is 20.0. The Labute approximate surface area is 233 Å². The maximum atomic E-state index is 13.8. The highest BCUT2D eigenvalue weighted by molar-refractivity contribution is 9.10. The van der Waals surface area contributed by atoms with Crippen LogP contribution in [0.25, 0.3) is 0 Å². The minimum absolute atomic E-state index is 0.0220. The first kappa shape index (κ1) is 28.0. The van der Waals surface area contributed by atoms with Crippen LogP contribution in [0.4, 0.5) is 0 Å². The number of amides is 3. The molecule has 2 saturated heterocycles. The van der Waals surface area contributed by atoms with Gasteiger partial charge in [-0.25, -0.2) is 0 Å². The molecule has 0 saturated carbocycles. The molecule has 2 aromatic carbocycles. The Bertz CT molecular complexity index is 1230. The lowest BCUT2D eigenvalue weighted by Gasteiger charge is -2.29. The lowest BCUT2D eigenvalue weighted by atomic mass is 9.86. The Balaban J connectivity index is 1.50. The van der Waals surface area contributed by atoms with Crippen LogP contribution in [0.2, 0.25) is 0 Å². The molecule has 0 aliphatic carbocycles. The number of rotatable bonds is 6. The highest BCUT2D eigenvalue weighted by atomic mass is 79.9. The Kier molecular flexibility index (Phi) is 8.12. The van der Waals surface area contributed by atoms with Gasteiger partial charge in [-0.05, 0) is 60.1 Å². The third-order valence-corrected chi connectivity index (χ3v) is 7.85. The van der Waals surface area contributed by atoms with E-state index >= 15 is 0 Å². The Morgan fingerprint density at radius 2 is 1.71 bits per heavy atom. The Morgan fingerprint density at radius 1 is 1.03 bits per heavy atom. The van der Waals surface area contributed by atoms with Gasteiger partial charge in [0.15, 0.2) is 5.78 Å². The second-order valence-electron chi connectivity index (χ2n) is 11.7. The number of carbonyl (C=O) groups excluding carboxylic acids is 4. The molecule has 1 N–H and O–H groups in total. The van der Waals surface area contributed by atoms with Gasteiger partial charge in [0.25, 0.3) is 11.8 Å². The zero-order chi connectivity index (χ0) is 27.8. The first-order valence-electron chi connectivity index (χ1n) is 13.2. The molecular weight excluding hydrogens is 546 g/mol. The molecule has 0 aromatic heterocycles. The van der Waals surface area contributed by atoms with Crippen LogP contribution < -0.4 is 5.32 Å². The van der Waals surface area contributed by atoms with Gasteiger partial charge in [0.2, 0.25) is 5.91 Å². The zero-order valence-corrected chi connectivity index (χ0v) is 24.2. The van der Waals surface area contributed by atoms with Crippen molar-refractivity contribution in [2.75, 3.05) is 13.1 Å². The predicted molar refractivity (Wildman–Crippen MR) is 150 cm³/mol.